The number of Topliss-reactive ketones (excluding diaryl/α,β-unsaturated/α-hetero) is 1. The third-order valence-corrected chi connectivity index (χ3v) is 6.97. The van der Waals surface area contributed by atoms with Crippen molar-refractivity contribution in [3.05, 3.63) is 70.6 Å². The van der Waals surface area contributed by atoms with Crippen molar-refractivity contribution in [1.82, 2.24) is 4.90 Å². The summed E-state index contributed by atoms with van der Waals surface area (Å²) in [5.41, 5.74) is 2.66. The van der Waals surface area contributed by atoms with Gasteiger partial charge < -0.3 is 0 Å². The van der Waals surface area contributed by atoms with E-state index in [0.717, 1.165) is 32.5 Å². The van der Waals surface area contributed by atoms with Gasteiger partial charge in [-0.3, -0.25) is 9.69 Å². The minimum absolute atomic E-state index is 0.0570. The van der Waals surface area contributed by atoms with Gasteiger partial charge in [-0.05, 0) is 74.3 Å². The molecular formula is C24H27NOS. The average molecular weight is 378 g/mol. The Labute approximate surface area is 165 Å². The fourth-order valence-electron chi connectivity index (χ4n) is 4.36. The summed E-state index contributed by atoms with van der Waals surface area (Å²) in [4.78, 5) is 16.3. The van der Waals surface area contributed by atoms with Crippen LogP contribution in [0, 0.1) is 12.8 Å². The molecule has 0 saturated carbocycles. The molecule has 2 heterocycles. The van der Waals surface area contributed by atoms with Gasteiger partial charge in [0.2, 0.25) is 0 Å². The Kier molecular flexibility index (Phi) is 5.42. The minimum Gasteiger partial charge on any atom is -0.299 e. The summed E-state index contributed by atoms with van der Waals surface area (Å²) >= 11 is 1.81. The van der Waals surface area contributed by atoms with Gasteiger partial charge in [-0.2, -0.15) is 0 Å². The van der Waals surface area contributed by atoms with Gasteiger partial charge in [-0.1, -0.05) is 42.5 Å². The lowest BCUT2D eigenvalue weighted by Crippen LogP contribution is -2.36. The predicted molar refractivity (Wildman–Crippen MR) is 114 cm³/mol. The van der Waals surface area contributed by atoms with Crippen LogP contribution in [0.3, 0.4) is 0 Å². The first-order valence-corrected chi connectivity index (χ1v) is 10.7. The third-order valence-electron chi connectivity index (χ3n) is 5.79. The van der Waals surface area contributed by atoms with Crippen molar-refractivity contribution in [3.8, 4) is 0 Å². The number of nitrogens with zero attached hydrogens (tertiary/aromatic N) is 1. The predicted octanol–water partition coefficient (Wildman–Crippen LogP) is 5.79. The molecule has 1 saturated heterocycles. The van der Waals surface area contributed by atoms with Gasteiger partial charge in [0.1, 0.15) is 5.78 Å². The number of likely N-dealkylation sites (tertiary alicyclic amines) is 1. The number of rotatable bonds is 5. The fourth-order valence-corrected chi connectivity index (χ4v) is 5.78. The lowest BCUT2D eigenvalue weighted by atomic mass is 9.81. The second-order valence-electron chi connectivity index (χ2n) is 7.88. The fraction of sp³-hybridized carbons (Fsp3) is 0.375. The van der Waals surface area contributed by atoms with Crippen LogP contribution in [0.1, 0.15) is 41.7 Å². The quantitative estimate of drug-likeness (QED) is 0.560. The van der Waals surface area contributed by atoms with Crippen molar-refractivity contribution in [2.45, 2.75) is 39.2 Å². The zero-order valence-corrected chi connectivity index (χ0v) is 17.0. The molecule has 1 atom stereocenters. The standard InChI is InChI=1S/C24H27NOS/c1-17-8-9-21-15-23(27-22(21)14-17)24(18(2)26)20-10-12-25(13-11-20)16-19-6-4-3-5-7-19/h3-9,14-15,20,24H,10-13,16H2,1-2H3. The molecule has 3 heteroatoms. The Bertz CT molecular complexity index is 922. The van der Waals surface area contributed by atoms with Crippen LogP contribution in [0.15, 0.2) is 54.6 Å². The van der Waals surface area contributed by atoms with Gasteiger partial charge in [-0.25, -0.2) is 0 Å². The van der Waals surface area contributed by atoms with Gasteiger partial charge in [0, 0.05) is 16.1 Å². The number of carbonyl (C=O) groups excluding carboxylic acids is 1. The second-order valence-corrected chi connectivity index (χ2v) is 8.99. The maximum Gasteiger partial charge on any atom is 0.138 e. The molecule has 1 unspecified atom stereocenters. The van der Waals surface area contributed by atoms with Crippen LogP contribution in [0.5, 0.6) is 0 Å². The smallest absolute Gasteiger partial charge is 0.138 e. The molecule has 0 bridgehead atoms. The second kappa shape index (κ2) is 7.95. The highest BCUT2D eigenvalue weighted by molar-refractivity contribution is 7.19. The molecule has 2 nitrogen and oxygen atoms in total. The zero-order chi connectivity index (χ0) is 18.8. The molecule has 0 radical (unpaired) electrons. The normalized spacial score (nSPS) is 17.3. The highest BCUT2D eigenvalue weighted by Gasteiger charge is 2.31. The van der Waals surface area contributed by atoms with Crippen molar-refractivity contribution in [3.63, 3.8) is 0 Å². The molecule has 140 valence electrons. The first-order valence-electron chi connectivity index (χ1n) is 9.87. The molecular weight excluding hydrogens is 350 g/mol. The molecule has 1 fully saturated rings. The number of benzene rings is 2. The van der Waals surface area contributed by atoms with E-state index in [1.807, 2.05) is 11.3 Å². The van der Waals surface area contributed by atoms with Crippen molar-refractivity contribution in [2.24, 2.45) is 5.92 Å². The van der Waals surface area contributed by atoms with Crippen LogP contribution in [-0.4, -0.2) is 23.8 Å². The van der Waals surface area contributed by atoms with E-state index in [9.17, 15) is 4.79 Å². The largest absolute Gasteiger partial charge is 0.299 e. The van der Waals surface area contributed by atoms with E-state index in [1.54, 1.807) is 6.92 Å². The number of fused-ring (bicyclic) bond motifs is 1. The van der Waals surface area contributed by atoms with Gasteiger partial charge in [0.25, 0.3) is 0 Å². The van der Waals surface area contributed by atoms with Crippen LogP contribution in [-0.2, 0) is 11.3 Å². The molecule has 0 spiro atoms. The van der Waals surface area contributed by atoms with Gasteiger partial charge >= 0.3 is 0 Å². The molecule has 4 rings (SSSR count). The molecule has 0 aliphatic carbocycles. The highest BCUT2D eigenvalue weighted by Crippen LogP contribution is 2.39. The number of piperidine rings is 1. The first-order chi connectivity index (χ1) is 13.1. The Morgan fingerprint density at radius 3 is 2.56 bits per heavy atom. The maximum atomic E-state index is 12.6. The molecule has 1 aromatic heterocycles. The Morgan fingerprint density at radius 1 is 1.11 bits per heavy atom. The maximum absolute atomic E-state index is 12.6. The molecule has 1 aliphatic heterocycles. The van der Waals surface area contributed by atoms with E-state index in [1.165, 1.54) is 26.1 Å². The Hall–Kier alpha value is -1.97. The summed E-state index contributed by atoms with van der Waals surface area (Å²) in [6.07, 6.45) is 2.20. The molecule has 27 heavy (non-hydrogen) atoms. The number of hydrogen-bond acceptors (Lipinski definition) is 3. The number of carbonyl (C=O) groups is 1. The van der Waals surface area contributed by atoms with Crippen molar-refractivity contribution in [2.75, 3.05) is 13.1 Å². The van der Waals surface area contributed by atoms with E-state index in [2.05, 4.69) is 66.4 Å². The van der Waals surface area contributed by atoms with E-state index >= 15 is 0 Å². The van der Waals surface area contributed by atoms with Gasteiger partial charge in [-0.15, -0.1) is 11.3 Å². The highest BCUT2D eigenvalue weighted by atomic mass is 32.1. The zero-order valence-electron chi connectivity index (χ0n) is 16.2. The summed E-state index contributed by atoms with van der Waals surface area (Å²) in [6.45, 7) is 7.07. The molecule has 0 amide bonds. The lowest BCUT2D eigenvalue weighted by molar-refractivity contribution is -0.119. The first kappa shape index (κ1) is 18.4. The number of hydrogen-bond donors (Lipinski definition) is 0. The molecule has 1 aliphatic rings. The Morgan fingerprint density at radius 2 is 1.85 bits per heavy atom. The average Bonchev–Trinajstić information content (AvgIpc) is 3.06. The molecule has 2 aromatic carbocycles. The monoisotopic (exact) mass is 377 g/mol. The number of aryl methyl sites for hydroxylation is 1. The van der Waals surface area contributed by atoms with Crippen LogP contribution < -0.4 is 0 Å². The van der Waals surface area contributed by atoms with Crippen molar-refractivity contribution in [1.29, 1.82) is 0 Å². The van der Waals surface area contributed by atoms with Crippen LogP contribution >= 0.6 is 11.3 Å². The molecule has 0 N–H and O–H groups in total. The SMILES string of the molecule is CC(=O)C(c1cc2ccc(C)cc2s1)C1CCN(Cc2ccccc2)CC1. The summed E-state index contributed by atoms with van der Waals surface area (Å²) < 4.78 is 1.30. The van der Waals surface area contributed by atoms with E-state index < -0.39 is 0 Å². The number of ketones is 1. The van der Waals surface area contributed by atoms with Gasteiger partial charge in [0.05, 0.1) is 5.92 Å². The Balaban J connectivity index is 1.47. The summed E-state index contributed by atoms with van der Waals surface area (Å²) in [6, 6.07) is 19.5. The van der Waals surface area contributed by atoms with Crippen molar-refractivity contribution < 1.29 is 4.79 Å². The van der Waals surface area contributed by atoms with Crippen LogP contribution in [0.4, 0.5) is 0 Å². The summed E-state index contributed by atoms with van der Waals surface area (Å²) in [5, 5.41) is 1.27. The minimum atomic E-state index is 0.0570. The van der Waals surface area contributed by atoms with Crippen LogP contribution in [0.2, 0.25) is 0 Å². The number of thiophene rings is 1. The summed E-state index contributed by atoms with van der Waals surface area (Å²) in [7, 11) is 0. The third kappa shape index (κ3) is 4.15. The van der Waals surface area contributed by atoms with Crippen LogP contribution in [0.25, 0.3) is 10.1 Å². The van der Waals surface area contributed by atoms with E-state index in [4.69, 9.17) is 0 Å². The summed E-state index contributed by atoms with van der Waals surface area (Å²) in [5.74, 6) is 0.838. The molecule has 3 aromatic rings. The van der Waals surface area contributed by atoms with E-state index in [-0.39, 0.29) is 5.92 Å². The lowest BCUT2D eigenvalue weighted by Gasteiger charge is -2.35. The van der Waals surface area contributed by atoms with Crippen molar-refractivity contribution >= 4 is 27.2 Å². The topological polar surface area (TPSA) is 20.3 Å². The van der Waals surface area contributed by atoms with Gasteiger partial charge in [0.15, 0.2) is 0 Å². The van der Waals surface area contributed by atoms with E-state index in [0.29, 0.717) is 11.7 Å².